The first-order chi connectivity index (χ1) is 9.06. The lowest BCUT2D eigenvalue weighted by atomic mass is 10.2. The minimum absolute atomic E-state index is 0.0878. The number of nitrogens with two attached hydrogens (primary N) is 1. The molecule has 0 bridgehead atoms. The number of carbonyl (C=O) groups excluding carboxylic acids is 1. The standard InChI is InChI=1S/C10H20N2O2.C2H2O4/c1-10(2,3)14-9(13)12-8(6-11)7-4-5-7;3-1(4)2(5)6/h7-8H,4-6,11H2,1-3H3,(H,12,13);(H,3,4)(H,5,6)/t8-;/m0./s1. The van der Waals surface area contributed by atoms with E-state index in [1.54, 1.807) is 0 Å². The summed E-state index contributed by atoms with van der Waals surface area (Å²) < 4.78 is 5.14. The van der Waals surface area contributed by atoms with Gasteiger partial charge in [-0.05, 0) is 39.5 Å². The molecule has 0 radical (unpaired) electrons. The van der Waals surface area contributed by atoms with E-state index in [4.69, 9.17) is 30.3 Å². The largest absolute Gasteiger partial charge is 0.473 e. The third kappa shape index (κ3) is 9.15. The molecule has 0 aromatic heterocycles. The van der Waals surface area contributed by atoms with Crippen LogP contribution >= 0.6 is 0 Å². The van der Waals surface area contributed by atoms with Crippen molar-refractivity contribution < 1.29 is 29.3 Å². The van der Waals surface area contributed by atoms with Crippen LogP contribution in [0.15, 0.2) is 0 Å². The minimum Gasteiger partial charge on any atom is -0.473 e. The molecule has 8 heteroatoms. The van der Waals surface area contributed by atoms with Crippen molar-refractivity contribution in [2.24, 2.45) is 11.7 Å². The predicted molar refractivity (Wildman–Crippen MR) is 70.2 cm³/mol. The van der Waals surface area contributed by atoms with Crippen molar-refractivity contribution in [3.63, 3.8) is 0 Å². The van der Waals surface area contributed by atoms with Crippen molar-refractivity contribution in [3.05, 3.63) is 0 Å². The van der Waals surface area contributed by atoms with Crippen molar-refractivity contribution in [3.8, 4) is 0 Å². The molecule has 116 valence electrons. The highest BCUT2D eigenvalue weighted by Gasteiger charge is 2.32. The van der Waals surface area contributed by atoms with Gasteiger partial charge in [0.25, 0.3) is 0 Å². The van der Waals surface area contributed by atoms with E-state index in [1.165, 1.54) is 0 Å². The van der Waals surface area contributed by atoms with E-state index in [9.17, 15) is 4.79 Å². The van der Waals surface area contributed by atoms with Gasteiger partial charge in [-0.2, -0.15) is 0 Å². The van der Waals surface area contributed by atoms with E-state index >= 15 is 0 Å². The van der Waals surface area contributed by atoms with E-state index in [2.05, 4.69) is 5.32 Å². The maximum Gasteiger partial charge on any atom is 0.414 e. The number of nitrogens with one attached hydrogen (secondary N) is 1. The van der Waals surface area contributed by atoms with Gasteiger partial charge >= 0.3 is 18.0 Å². The van der Waals surface area contributed by atoms with Crippen LogP contribution in [0.4, 0.5) is 4.79 Å². The maximum atomic E-state index is 11.4. The molecule has 1 aliphatic carbocycles. The lowest BCUT2D eigenvalue weighted by molar-refractivity contribution is -0.159. The Labute approximate surface area is 117 Å². The first-order valence-electron chi connectivity index (χ1n) is 6.22. The van der Waals surface area contributed by atoms with Crippen molar-refractivity contribution >= 4 is 18.0 Å². The van der Waals surface area contributed by atoms with Gasteiger partial charge in [-0.1, -0.05) is 0 Å². The Bertz CT molecular complexity index is 347. The van der Waals surface area contributed by atoms with Gasteiger partial charge in [0.1, 0.15) is 5.60 Å². The third-order valence-electron chi connectivity index (χ3n) is 2.33. The summed E-state index contributed by atoms with van der Waals surface area (Å²) in [5.74, 6) is -3.09. The van der Waals surface area contributed by atoms with Crippen molar-refractivity contribution in [1.29, 1.82) is 0 Å². The van der Waals surface area contributed by atoms with Gasteiger partial charge in [0, 0.05) is 12.6 Å². The molecule has 0 heterocycles. The van der Waals surface area contributed by atoms with Crippen LogP contribution in [0.3, 0.4) is 0 Å². The molecule has 1 atom stereocenters. The number of rotatable bonds is 3. The average molecular weight is 290 g/mol. The number of alkyl carbamates (subject to hydrolysis) is 1. The molecule has 1 fully saturated rings. The monoisotopic (exact) mass is 290 g/mol. The van der Waals surface area contributed by atoms with Crippen molar-refractivity contribution in [1.82, 2.24) is 5.32 Å². The fourth-order valence-corrected chi connectivity index (χ4v) is 1.33. The van der Waals surface area contributed by atoms with Gasteiger partial charge in [0.15, 0.2) is 0 Å². The summed E-state index contributed by atoms with van der Waals surface area (Å²) in [6.45, 7) is 6.04. The Morgan fingerprint density at radius 2 is 1.70 bits per heavy atom. The molecular weight excluding hydrogens is 268 g/mol. The van der Waals surface area contributed by atoms with Crippen LogP contribution in [0, 0.1) is 5.92 Å². The van der Waals surface area contributed by atoms with Gasteiger partial charge in [-0.15, -0.1) is 0 Å². The Hall–Kier alpha value is -1.83. The van der Waals surface area contributed by atoms with E-state index in [-0.39, 0.29) is 12.1 Å². The molecule has 0 spiro atoms. The second-order valence-corrected chi connectivity index (χ2v) is 5.44. The topological polar surface area (TPSA) is 139 Å². The van der Waals surface area contributed by atoms with Crippen LogP contribution in [0.2, 0.25) is 0 Å². The van der Waals surface area contributed by atoms with Crippen LogP contribution in [0.1, 0.15) is 33.6 Å². The van der Waals surface area contributed by atoms with E-state index in [0.717, 1.165) is 12.8 Å². The number of carboxylic acids is 2. The average Bonchev–Trinajstić information content (AvgIpc) is 3.07. The summed E-state index contributed by atoms with van der Waals surface area (Å²) in [5, 5.41) is 17.6. The van der Waals surface area contributed by atoms with Gasteiger partial charge in [-0.3, -0.25) is 0 Å². The first kappa shape index (κ1) is 18.2. The van der Waals surface area contributed by atoms with Gasteiger partial charge in [0.05, 0.1) is 0 Å². The normalized spacial score (nSPS) is 15.4. The molecule has 0 saturated heterocycles. The number of aliphatic carboxylic acids is 2. The SMILES string of the molecule is CC(C)(C)OC(=O)N[C@@H](CN)C1CC1.O=C(O)C(=O)O. The van der Waals surface area contributed by atoms with Gasteiger partial charge in [0.2, 0.25) is 0 Å². The molecule has 1 amide bonds. The Morgan fingerprint density at radius 3 is 1.95 bits per heavy atom. The molecule has 0 aromatic carbocycles. The molecule has 1 rings (SSSR count). The second-order valence-electron chi connectivity index (χ2n) is 5.44. The summed E-state index contributed by atoms with van der Waals surface area (Å²) >= 11 is 0. The molecular formula is C12H22N2O6. The van der Waals surface area contributed by atoms with Gasteiger partial charge in [-0.25, -0.2) is 14.4 Å². The molecule has 1 aliphatic rings. The first-order valence-corrected chi connectivity index (χ1v) is 6.22. The number of carbonyl (C=O) groups is 3. The van der Waals surface area contributed by atoms with Crippen LogP contribution in [-0.2, 0) is 14.3 Å². The summed E-state index contributed by atoms with van der Waals surface area (Å²) in [7, 11) is 0. The summed E-state index contributed by atoms with van der Waals surface area (Å²) in [5.41, 5.74) is 5.12. The summed E-state index contributed by atoms with van der Waals surface area (Å²) in [6, 6.07) is 0.0878. The Morgan fingerprint density at radius 1 is 1.25 bits per heavy atom. The zero-order valence-electron chi connectivity index (χ0n) is 11.9. The van der Waals surface area contributed by atoms with Crippen molar-refractivity contribution in [2.45, 2.75) is 45.3 Å². The molecule has 1 saturated carbocycles. The zero-order valence-corrected chi connectivity index (χ0v) is 11.9. The van der Waals surface area contributed by atoms with Crippen LogP contribution in [0.25, 0.3) is 0 Å². The number of hydrogen-bond donors (Lipinski definition) is 4. The summed E-state index contributed by atoms with van der Waals surface area (Å²) in [4.78, 5) is 29.6. The summed E-state index contributed by atoms with van der Waals surface area (Å²) in [6.07, 6.45) is 1.97. The van der Waals surface area contributed by atoms with E-state index < -0.39 is 17.5 Å². The maximum absolute atomic E-state index is 11.4. The fraction of sp³-hybridized carbons (Fsp3) is 0.750. The van der Waals surface area contributed by atoms with E-state index in [0.29, 0.717) is 12.5 Å². The van der Waals surface area contributed by atoms with Crippen LogP contribution in [0.5, 0.6) is 0 Å². The quantitative estimate of drug-likeness (QED) is 0.552. The highest BCUT2D eigenvalue weighted by molar-refractivity contribution is 6.27. The van der Waals surface area contributed by atoms with E-state index in [1.807, 2.05) is 20.8 Å². The minimum atomic E-state index is -1.82. The number of hydrogen-bond acceptors (Lipinski definition) is 5. The fourth-order valence-electron chi connectivity index (χ4n) is 1.33. The molecule has 0 aliphatic heterocycles. The number of carboxylic acid groups (broad SMARTS) is 2. The van der Waals surface area contributed by atoms with Crippen LogP contribution < -0.4 is 11.1 Å². The Balaban J connectivity index is 0.000000511. The molecule has 0 aromatic rings. The lowest BCUT2D eigenvalue weighted by Gasteiger charge is -2.22. The molecule has 8 nitrogen and oxygen atoms in total. The third-order valence-corrected chi connectivity index (χ3v) is 2.33. The molecule has 5 N–H and O–H groups in total. The Kier molecular flexibility index (Phi) is 6.98. The molecule has 20 heavy (non-hydrogen) atoms. The number of amides is 1. The predicted octanol–water partition coefficient (Wildman–Crippen LogP) is 0.404. The number of ether oxygens (including phenoxy) is 1. The second kappa shape index (κ2) is 7.68. The van der Waals surface area contributed by atoms with Crippen LogP contribution in [-0.4, -0.2) is 46.4 Å². The highest BCUT2D eigenvalue weighted by Crippen LogP contribution is 2.32. The zero-order chi connectivity index (χ0) is 15.9. The lowest BCUT2D eigenvalue weighted by Crippen LogP contribution is -2.44. The van der Waals surface area contributed by atoms with Gasteiger partial charge < -0.3 is 26.0 Å². The molecule has 0 unspecified atom stereocenters. The highest BCUT2D eigenvalue weighted by atomic mass is 16.6. The smallest absolute Gasteiger partial charge is 0.414 e. The van der Waals surface area contributed by atoms with Crippen molar-refractivity contribution in [2.75, 3.05) is 6.54 Å².